The Morgan fingerprint density at radius 2 is 1.54 bits per heavy atom. The van der Waals surface area contributed by atoms with E-state index in [4.69, 9.17) is 8.54 Å². The van der Waals surface area contributed by atoms with Gasteiger partial charge in [-0.2, -0.15) is 13.2 Å². The van der Waals surface area contributed by atoms with Crippen LogP contribution in [0.4, 0.5) is 13.2 Å². The van der Waals surface area contributed by atoms with Crippen LogP contribution in [-0.4, -0.2) is 62.6 Å². The Morgan fingerprint density at radius 3 is 1.82 bits per heavy atom. The molecule has 0 rings (SSSR count). The molecule has 0 saturated carbocycles. The van der Waals surface area contributed by atoms with Crippen LogP contribution in [0, 0.1) is 10.8 Å². The third-order valence-electron chi connectivity index (χ3n) is 5.01. The minimum absolute atomic E-state index is 0.456. The maximum absolute atomic E-state index is 13.0. The smallest absolute Gasteiger partial charge is 0.393 e. The van der Waals surface area contributed by atoms with Gasteiger partial charge in [0.2, 0.25) is 0 Å². The number of carboxylic acid groups (broad SMARTS) is 2. The molecule has 0 aromatic heterocycles. The van der Waals surface area contributed by atoms with E-state index in [0.717, 1.165) is 0 Å². The minimum atomic E-state index is -4.85. The molecule has 0 spiro atoms. The zero-order valence-corrected chi connectivity index (χ0v) is 22.1. The Labute approximate surface area is 170 Å². The van der Waals surface area contributed by atoms with Gasteiger partial charge in [-0.1, -0.05) is 27.7 Å². The largest absolute Gasteiger partial charge is 0.478 e. The lowest BCUT2D eigenvalue weighted by Crippen LogP contribution is -2.53. The van der Waals surface area contributed by atoms with Gasteiger partial charge in [0.25, 0.3) is 0 Å². The van der Waals surface area contributed by atoms with Crippen molar-refractivity contribution in [1.82, 2.24) is 0 Å². The fourth-order valence-corrected chi connectivity index (χ4v) is 8.00. The van der Waals surface area contributed by atoms with Gasteiger partial charge in [-0.3, -0.25) is 0 Å². The second-order valence-corrected chi connectivity index (χ2v) is 16.6. The first-order valence-electron chi connectivity index (χ1n) is 8.71. The lowest BCUT2D eigenvalue weighted by Gasteiger charge is -2.49. The molecule has 0 fully saturated rings. The van der Waals surface area contributed by atoms with E-state index in [-0.39, 0.29) is 0 Å². The maximum atomic E-state index is 13.0. The molecule has 0 bridgehead atoms. The third-order valence-corrected chi connectivity index (χ3v) is 9.15. The first-order chi connectivity index (χ1) is 12.3. The van der Waals surface area contributed by atoms with Gasteiger partial charge in [0, 0.05) is 5.41 Å². The summed E-state index contributed by atoms with van der Waals surface area (Å²) in [5, 5.41) is 19.1. The summed E-state index contributed by atoms with van der Waals surface area (Å²) in [5.41, 5.74) is -4.81. The summed E-state index contributed by atoms with van der Waals surface area (Å²) in [7, 11) is -2.90. The molecule has 12 heteroatoms. The van der Waals surface area contributed by atoms with Gasteiger partial charge in [-0.05, 0) is 25.1 Å². The van der Waals surface area contributed by atoms with Crippen molar-refractivity contribution < 1.29 is 41.5 Å². The number of carboxylic acids is 2. The van der Waals surface area contributed by atoms with E-state index in [1.54, 1.807) is 13.8 Å². The van der Waals surface area contributed by atoms with Crippen LogP contribution in [-0.2, 0) is 18.1 Å². The molecule has 0 aromatic carbocycles. The molecule has 1 atom stereocenters. The highest BCUT2D eigenvalue weighted by atomic mass is 28.4. The highest BCUT2D eigenvalue weighted by Crippen LogP contribution is 2.50. The van der Waals surface area contributed by atoms with Crippen LogP contribution in [0.3, 0.4) is 0 Å². The van der Waals surface area contributed by atoms with Gasteiger partial charge in [-0.25, -0.2) is 9.59 Å². The van der Waals surface area contributed by atoms with E-state index in [2.05, 4.69) is 0 Å². The summed E-state index contributed by atoms with van der Waals surface area (Å²) < 4.78 is 50.6. The summed E-state index contributed by atoms with van der Waals surface area (Å²) in [6, 6.07) is 0. The molecule has 28 heavy (non-hydrogen) atoms. The predicted molar refractivity (Wildman–Crippen MR) is 108 cm³/mol. The Hall–Kier alpha value is -0.959. The Bertz CT molecular complexity index is 624. The zero-order valence-electron chi connectivity index (χ0n) is 17.7. The highest BCUT2D eigenvalue weighted by Gasteiger charge is 2.51. The summed E-state index contributed by atoms with van der Waals surface area (Å²) in [5.74, 6) is -3.57. The van der Waals surface area contributed by atoms with E-state index in [0.29, 0.717) is 10.5 Å². The predicted octanol–water partition coefficient (Wildman–Crippen LogP) is 2.02. The molecule has 0 aromatic rings. The van der Waals surface area contributed by atoms with E-state index in [1.165, 1.54) is 13.8 Å². The number of rotatable bonds is 10. The number of carbonyl (C=O) groups is 2. The van der Waals surface area contributed by atoms with Crippen molar-refractivity contribution in [1.29, 1.82) is 0 Å². The van der Waals surface area contributed by atoms with E-state index in [9.17, 15) is 33.0 Å². The van der Waals surface area contributed by atoms with Crippen LogP contribution in [0.1, 0.15) is 34.1 Å². The number of halogens is 3. The highest BCUT2D eigenvalue weighted by molar-refractivity contribution is 6.70. The molecule has 2 N–H and O–H groups in total. The van der Waals surface area contributed by atoms with Crippen molar-refractivity contribution in [2.24, 2.45) is 10.8 Å². The van der Waals surface area contributed by atoms with Crippen molar-refractivity contribution in [2.45, 2.75) is 65.7 Å². The van der Waals surface area contributed by atoms with E-state index in [1.807, 2.05) is 19.6 Å². The molecule has 1 unspecified atom stereocenters. The monoisotopic (exact) mass is 460 g/mol. The Balaban J connectivity index is 6.64. The topological polar surface area (TPSA) is 93.1 Å². The van der Waals surface area contributed by atoms with E-state index >= 15 is 0 Å². The molecule has 0 aliphatic carbocycles. The van der Waals surface area contributed by atoms with Crippen LogP contribution in [0.15, 0.2) is 11.1 Å². The first-order valence-corrected chi connectivity index (χ1v) is 14.3. The van der Waals surface area contributed by atoms with Crippen LogP contribution in [0.25, 0.3) is 0 Å². The van der Waals surface area contributed by atoms with Crippen molar-refractivity contribution in [3.63, 3.8) is 0 Å². The zero-order chi connectivity index (χ0) is 22.7. The Morgan fingerprint density at radius 1 is 1.07 bits per heavy atom. The fourth-order valence-electron chi connectivity index (χ4n) is 2.94. The van der Waals surface area contributed by atoms with Crippen LogP contribution in [0.5, 0.6) is 0 Å². The lowest BCUT2D eigenvalue weighted by molar-refractivity contribution is -0.145. The van der Waals surface area contributed by atoms with Crippen molar-refractivity contribution in [3.8, 4) is 0 Å². The molecular weight excluding hydrogens is 429 g/mol. The average Bonchev–Trinajstić information content (AvgIpc) is 2.42. The molecule has 0 aliphatic heterocycles. The van der Waals surface area contributed by atoms with Crippen molar-refractivity contribution in [2.75, 3.05) is 0 Å². The quantitative estimate of drug-likeness (QED) is 0.383. The normalized spacial score (nSPS) is 16.4. The van der Waals surface area contributed by atoms with Crippen LogP contribution >= 0.6 is 0 Å². The number of alkyl halides is 3. The van der Waals surface area contributed by atoms with Gasteiger partial charge < -0.3 is 18.8 Å². The Kier molecular flexibility index (Phi) is 8.92. The molecule has 0 radical (unpaired) electrons. The average molecular weight is 461 g/mol. The van der Waals surface area contributed by atoms with Gasteiger partial charge >= 0.3 is 18.1 Å². The number of hydrogen-bond acceptors (Lipinski definition) is 4. The molecule has 0 aliphatic rings. The second-order valence-electron chi connectivity index (χ2n) is 8.78. The molecule has 0 heterocycles. The SMILES string of the molecule is CC(C)(/C(C(=O)O)=C(/CC(F)(F)F)C(=O)O)C(C)(C)C(O[Si](C)(C)C)[SiH2]O[SiH3]. The molecule has 6 nitrogen and oxygen atoms in total. The molecule has 164 valence electrons. The number of hydrogen-bond donors (Lipinski definition) is 2. The standard InChI is InChI=1S/C16H31F3O6Si3/c1-14(2,15(3,4)13(27-25-26)24-28(5,6)7)10(12(22)23)9(11(20)21)8-16(17,18)19/h13H,8,27H2,1-7,26H3,(H,20,21)(H,22,23)/b10-9-. The summed E-state index contributed by atoms with van der Waals surface area (Å²) in [6.07, 6.45) is -6.67. The molecule has 0 saturated heterocycles. The van der Waals surface area contributed by atoms with Crippen molar-refractivity contribution in [3.05, 3.63) is 11.1 Å². The summed E-state index contributed by atoms with van der Waals surface area (Å²) in [4.78, 5) is 23.5. The van der Waals surface area contributed by atoms with Crippen LogP contribution in [0.2, 0.25) is 19.6 Å². The van der Waals surface area contributed by atoms with E-state index < -0.39 is 70.3 Å². The molecule has 0 amide bonds. The minimum Gasteiger partial charge on any atom is -0.478 e. The molecular formula is C16H31F3O6Si3. The first kappa shape index (κ1) is 27.0. The van der Waals surface area contributed by atoms with Crippen LogP contribution < -0.4 is 0 Å². The van der Waals surface area contributed by atoms with Gasteiger partial charge in [0.15, 0.2) is 18.1 Å². The lowest BCUT2D eigenvalue weighted by atomic mass is 9.62. The second kappa shape index (κ2) is 9.24. The summed E-state index contributed by atoms with van der Waals surface area (Å²) >= 11 is 0. The third kappa shape index (κ3) is 7.13. The van der Waals surface area contributed by atoms with Gasteiger partial charge in [-0.15, -0.1) is 0 Å². The number of aliphatic carboxylic acids is 2. The van der Waals surface area contributed by atoms with Gasteiger partial charge in [0.05, 0.1) is 23.3 Å². The fraction of sp³-hybridized carbons (Fsp3) is 0.750. The van der Waals surface area contributed by atoms with Crippen molar-refractivity contribution >= 4 is 40.5 Å². The maximum Gasteiger partial charge on any atom is 0.393 e. The van der Waals surface area contributed by atoms with Gasteiger partial charge in [0.1, 0.15) is 10.5 Å². The summed E-state index contributed by atoms with van der Waals surface area (Å²) in [6.45, 7) is 12.2.